The summed E-state index contributed by atoms with van der Waals surface area (Å²) in [4.78, 5) is 26.0. The van der Waals surface area contributed by atoms with Crippen LogP contribution in [0.15, 0.2) is 36.4 Å². The zero-order valence-electron chi connectivity index (χ0n) is 14.1. The van der Waals surface area contributed by atoms with Crippen LogP contribution < -0.4 is 15.0 Å². The van der Waals surface area contributed by atoms with Crippen LogP contribution in [0.2, 0.25) is 0 Å². The van der Waals surface area contributed by atoms with Gasteiger partial charge in [0.1, 0.15) is 12.3 Å². The third-order valence-electron chi connectivity index (χ3n) is 4.02. The SMILES string of the molecule is Cc1ccc(NC(=O)CN2C(=O)COc3cc(C)ccc32)c(C)c1. The van der Waals surface area contributed by atoms with Gasteiger partial charge in [0.15, 0.2) is 6.61 Å². The fourth-order valence-electron chi connectivity index (χ4n) is 2.77. The van der Waals surface area contributed by atoms with Crippen LogP contribution in [0.25, 0.3) is 0 Å². The number of aryl methyl sites for hydroxylation is 3. The molecule has 0 atom stereocenters. The minimum atomic E-state index is -0.233. The van der Waals surface area contributed by atoms with Crippen LogP contribution in [0, 0.1) is 20.8 Å². The summed E-state index contributed by atoms with van der Waals surface area (Å²) in [7, 11) is 0. The van der Waals surface area contributed by atoms with Crippen molar-refractivity contribution in [2.24, 2.45) is 0 Å². The second kappa shape index (κ2) is 6.35. The van der Waals surface area contributed by atoms with Crippen molar-refractivity contribution in [3.8, 4) is 5.75 Å². The topological polar surface area (TPSA) is 58.6 Å². The lowest BCUT2D eigenvalue weighted by Crippen LogP contribution is -2.43. The molecule has 0 radical (unpaired) electrons. The standard InChI is InChI=1S/C19H20N2O3/c1-12-4-6-15(14(3)8-12)20-18(22)10-21-16-7-5-13(2)9-17(16)24-11-19(21)23/h4-9H,10-11H2,1-3H3,(H,20,22). The Morgan fingerprint density at radius 2 is 1.83 bits per heavy atom. The number of nitrogens with one attached hydrogen (secondary N) is 1. The van der Waals surface area contributed by atoms with E-state index in [-0.39, 0.29) is 25.0 Å². The van der Waals surface area contributed by atoms with Gasteiger partial charge >= 0.3 is 0 Å². The molecule has 0 saturated carbocycles. The van der Waals surface area contributed by atoms with Gasteiger partial charge < -0.3 is 10.1 Å². The van der Waals surface area contributed by atoms with Crippen LogP contribution in [0.5, 0.6) is 5.75 Å². The minimum absolute atomic E-state index is 0.0361. The zero-order chi connectivity index (χ0) is 17.3. The molecule has 1 aliphatic heterocycles. The Kier molecular flexibility index (Phi) is 4.25. The number of hydrogen-bond donors (Lipinski definition) is 1. The number of ether oxygens (including phenoxy) is 1. The summed E-state index contributed by atoms with van der Waals surface area (Å²) in [6, 6.07) is 11.4. The Hall–Kier alpha value is -2.82. The summed E-state index contributed by atoms with van der Waals surface area (Å²) >= 11 is 0. The molecule has 0 aromatic heterocycles. The van der Waals surface area contributed by atoms with E-state index in [9.17, 15) is 9.59 Å². The van der Waals surface area contributed by atoms with E-state index in [1.807, 2.05) is 57.2 Å². The first kappa shape index (κ1) is 16.1. The fraction of sp³-hybridized carbons (Fsp3) is 0.263. The molecule has 24 heavy (non-hydrogen) atoms. The van der Waals surface area contributed by atoms with E-state index in [4.69, 9.17) is 4.74 Å². The van der Waals surface area contributed by atoms with Crippen molar-refractivity contribution in [1.29, 1.82) is 0 Å². The van der Waals surface area contributed by atoms with Gasteiger partial charge in [0, 0.05) is 5.69 Å². The van der Waals surface area contributed by atoms with Gasteiger partial charge in [-0.1, -0.05) is 23.8 Å². The Bertz CT molecular complexity index is 814. The van der Waals surface area contributed by atoms with Crippen molar-refractivity contribution in [3.63, 3.8) is 0 Å². The van der Waals surface area contributed by atoms with E-state index in [1.54, 1.807) is 0 Å². The second-order valence-electron chi connectivity index (χ2n) is 6.11. The number of amides is 2. The summed E-state index contributed by atoms with van der Waals surface area (Å²) in [6.07, 6.45) is 0. The molecule has 1 heterocycles. The van der Waals surface area contributed by atoms with Crippen LogP contribution in [0.4, 0.5) is 11.4 Å². The number of carbonyl (C=O) groups is 2. The Labute approximate surface area is 141 Å². The number of nitrogens with zero attached hydrogens (tertiary/aromatic N) is 1. The highest BCUT2D eigenvalue weighted by molar-refractivity contribution is 6.05. The first-order chi connectivity index (χ1) is 11.4. The third-order valence-corrected chi connectivity index (χ3v) is 4.02. The van der Waals surface area contributed by atoms with Crippen LogP contribution in [0.3, 0.4) is 0 Å². The molecule has 2 aromatic rings. The fourth-order valence-corrected chi connectivity index (χ4v) is 2.77. The van der Waals surface area contributed by atoms with Crippen molar-refractivity contribution in [2.45, 2.75) is 20.8 Å². The van der Waals surface area contributed by atoms with Gasteiger partial charge in [-0.2, -0.15) is 0 Å². The molecule has 0 saturated heterocycles. The van der Waals surface area contributed by atoms with Crippen molar-refractivity contribution in [2.75, 3.05) is 23.4 Å². The van der Waals surface area contributed by atoms with E-state index in [0.29, 0.717) is 11.4 Å². The zero-order valence-corrected chi connectivity index (χ0v) is 14.1. The number of fused-ring (bicyclic) bond motifs is 1. The summed E-state index contributed by atoms with van der Waals surface area (Å²) in [5, 5.41) is 2.87. The molecular weight excluding hydrogens is 304 g/mol. The molecule has 2 amide bonds. The monoisotopic (exact) mass is 324 g/mol. The maximum atomic E-state index is 12.4. The Morgan fingerprint density at radius 3 is 2.58 bits per heavy atom. The molecular formula is C19H20N2O3. The van der Waals surface area contributed by atoms with E-state index in [1.165, 1.54) is 4.90 Å². The predicted molar refractivity (Wildman–Crippen MR) is 93.6 cm³/mol. The van der Waals surface area contributed by atoms with Crippen LogP contribution >= 0.6 is 0 Å². The van der Waals surface area contributed by atoms with Crippen LogP contribution in [-0.4, -0.2) is 25.0 Å². The maximum absolute atomic E-state index is 12.4. The van der Waals surface area contributed by atoms with Crippen molar-refractivity contribution in [1.82, 2.24) is 0 Å². The summed E-state index contributed by atoms with van der Waals surface area (Å²) in [5.41, 5.74) is 4.57. The Balaban J connectivity index is 1.78. The first-order valence-corrected chi connectivity index (χ1v) is 7.85. The molecule has 2 aromatic carbocycles. The van der Waals surface area contributed by atoms with E-state index >= 15 is 0 Å². The van der Waals surface area contributed by atoms with Gasteiger partial charge in [-0.05, 0) is 50.1 Å². The average molecular weight is 324 g/mol. The number of anilines is 2. The summed E-state index contributed by atoms with van der Waals surface area (Å²) < 4.78 is 5.46. The molecule has 3 rings (SSSR count). The number of rotatable bonds is 3. The van der Waals surface area contributed by atoms with Gasteiger partial charge in [0.05, 0.1) is 5.69 Å². The molecule has 5 nitrogen and oxygen atoms in total. The quantitative estimate of drug-likeness (QED) is 0.944. The average Bonchev–Trinajstić information content (AvgIpc) is 2.53. The predicted octanol–water partition coefficient (Wildman–Crippen LogP) is 2.98. The van der Waals surface area contributed by atoms with Crippen molar-refractivity contribution >= 4 is 23.2 Å². The normalized spacial score (nSPS) is 13.3. The summed E-state index contributed by atoms with van der Waals surface area (Å²) in [5.74, 6) is 0.180. The lowest BCUT2D eigenvalue weighted by atomic mass is 10.1. The van der Waals surface area contributed by atoms with Gasteiger partial charge in [-0.25, -0.2) is 0 Å². The smallest absolute Gasteiger partial charge is 0.265 e. The maximum Gasteiger partial charge on any atom is 0.265 e. The lowest BCUT2D eigenvalue weighted by Gasteiger charge is -2.29. The summed E-state index contributed by atoms with van der Waals surface area (Å²) in [6.45, 7) is 5.82. The molecule has 0 fully saturated rings. The van der Waals surface area contributed by atoms with Crippen LogP contribution in [0.1, 0.15) is 16.7 Å². The minimum Gasteiger partial charge on any atom is -0.482 e. The van der Waals surface area contributed by atoms with Crippen molar-refractivity contribution < 1.29 is 14.3 Å². The van der Waals surface area contributed by atoms with Crippen molar-refractivity contribution in [3.05, 3.63) is 53.1 Å². The van der Waals surface area contributed by atoms with Crippen LogP contribution in [-0.2, 0) is 9.59 Å². The molecule has 0 unspecified atom stereocenters. The van der Waals surface area contributed by atoms with E-state index in [2.05, 4.69) is 5.32 Å². The number of hydrogen-bond acceptors (Lipinski definition) is 3. The molecule has 124 valence electrons. The largest absolute Gasteiger partial charge is 0.482 e. The van der Waals surface area contributed by atoms with Gasteiger partial charge in [-0.15, -0.1) is 0 Å². The van der Waals surface area contributed by atoms with Gasteiger partial charge in [0.2, 0.25) is 5.91 Å². The van der Waals surface area contributed by atoms with Gasteiger partial charge in [-0.3, -0.25) is 14.5 Å². The van der Waals surface area contributed by atoms with Gasteiger partial charge in [0.25, 0.3) is 5.91 Å². The van der Waals surface area contributed by atoms with E-state index in [0.717, 1.165) is 22.4 Å². The lowest BCUT2D eigenvalue weighted by molar-refractivity contribution is -0.123. The highest BCUT2D eigenvalue weighted by atomic mass is 16.5. The highest BCUT2D eigenvalue weighted by Crippen LogP contribution is 2.32. The molecule has 0 aliphatic carbocycles. The molecule has 5 heteroatoms. The van der Waals surface area contributed by atoms with E-state index < -0.39 is 0 Å². The molecule has 0 spiro atoms. The Morgan fingerprint density at radius 1 is 1.12 bits per heavy atom. The first-order valence-electron chi connectivity index (χ1n) is 7.85. The third kappa shape index (κ3) is 3.25. The second-order valence-corrected chi connectivity index (χ2v) is 6.11. The molecule has 0 bridgehead atoms. The highest BCUT2D eigenvalue weighted by Gasteiger charge is 2.27. The molecule has 1 aliphatic rings. The molecule has 1 N–H and O–H groups in total. The number of carbonyl (C=O) groups excluding carboxylic acids is 2. The number of benzene rings is 2.